The van der Waals surface area contributed by atoms with E-state index in [9.17, 15) is 0 Å². The van der Waals surface area contributed by atoms with E-state index in [2.05, 4.69) is 22.6 Å². The van der Waals surface area contributed by atoms with Crippen LogP contribution in [0.2, 0.25) is 0 Å². The summed E-state index contributed by atoms with van der Waals surface area (Å²) in [6, 6.07) is 3.43. The van der Waals surface area contributed by atoms with Crippen molar-refractivity contribution < 1.29 is 9.47 Å². The predicted molar refractivity (Wildman–Crippen MR) is 90.9 cm³/mol. The van der Waals surface area contributed by atoms with Crippen molar-refractivity contribution in [3.63, 3.8) is 0 Å². The summed E-state index contributed by atoms with van der Waals surface area (Å²) in [4.78, 5) is 2.60. The molecule has 0 N–H and O–H groups in total. The molecule has 3 fully saturated rings. The number of hydrogen-bond acceptors (Lipinski definition) is 4. The van der Waals surface area contributed by atoms with Gasteiger partial charge < -0.3 is 9.47 Å². The molecule has 0 saturated carbocycles. The van der Waals surface area contributed by atoms with Gasteiger partial charge >= 0.3 is 0 Å². The third-order valence-electron chi connectivity index (χ3n) is 5.22. The molecule has 0 spiro atoms. The molecule has 1 aromatic heterocycles. The molecule has 0 amide bonds. The lowest BCUT2D eigenvalue weighted by Gasteiger charge is -2.41. The minimum absolute atomic E-state index is 0.451. The highest BCUT2D eigenvalue weighted by Crippen LogP contribution is 2.33. The molecule has 4 rings (SSSR count). The van der Waals surface area contributed by atoms with Crippen LogP contribution < -0.4 is 0 Å². The molecule has 3 aliphatic heterocycles. The van der Waals surface area contributed by atoms with Crippen molar-refractivity contribution in [3.8, 4) is 0 Å². The summed E-state index contributed by atoms with van der Waals surface area (Å²) in [6.45, 7) is 12.1. The van der Waals surface area contributed by atoms with Crippen LogP contribution in [0.25, 0.3) is 0 Å². The van der Waals surface area contributed by atoms with Gasteiger partial charge in [0.25, 0.3) is 0 Å². The first-order chi connectivity index (χ1) is 11.3. The fraction of sp³-hybridized carbons (Fsp3) is 0.833. The normalized spacial score (nSPS) is 26.7. The van der Waals surface area contributed by atoms with Crippen LogP contribution in [0, 0.1) is 6.92 Å². The van der Waals surface area contributed by atoms with Gasteiger partial charge in [0.1, 0.15) is 0 Å². The van der Waals surface area contributed by atoms with Gasteiger partial charge in [-0.15, -0.1) is 0 Å². The summed E-state index contributed by atoms with van der Waals surface area (Å²) in [5.74, 6) is 0.657. The SMILES string of the molecule is CC.Cc1cc(C2CCN(C3COC3)CC2)n(C2CCOC2)n1. The number of likely N-dealkylation sites (tertiary alicyclic amines) is 1. The Morgan fingerprint density at radius 3 is 2.26 bits per heavy atom. The van der Waals surface area contributed by atoms with Gasteiger partial charge in [-0.3, -0.25) is 9.58 Å². The fourth-order valence-electron chi connectivity index (χ4n) is 3.84. The second-order valence-electron chi connectivity index (χ2n) is 6.67. The Morgan fingerprint density at radius 2 is 1.70 bits per heavy atom. The van der Waals surface area contributed by atoms with Crippen LogP contribution in [0.1, 0.15) is 56.5 Å². The highest BCUT2D eigenvalue weighted by Gasteiger charge is 2.32. The second kappa shape index (κ2) is 7.77. The Bertz CT molecular complexity index is 484. The number of piperidine rings is 1. The Kier molecular flexibility index (Phi) is 5.72. The third kappa shape index (κ3) is 3.62. The van der Waals surface area contributed by atoms with Gasteiger partial charge in [-0.1, -0.05) is 13.8 Å². The summed E-state index contributed by atoms with van der Waals surface area (Å²) < 4.78 is 13.1. The lowest BCUT2D eigenvalue weighted by Crippen LogP contribution is -2.51. The summed E-state index contributed by atoms with van der Waals surface area (Å²) in [7, 11) is 0. The van der Waals surface area contributed by atoms with E-state index < -0.39 is 0 Å². The van der Waals surface area contributed by atoms with Gasteiger partial charge in [-0.05, 0) is 45.3 Å². The maximum Gasteiger partial charge on any atom is 0.0777 e. The molecule has 0 radical (unpaired) electrons. The minimum atomic E-state index is 0.451. The van der Waals surface area contributed by atoms with E-state index in [1.54, 1.807) is 0 Å². The predicted octanol–water partition coefficient (Wildman–Crippen LogP) is 2.76. The number of ether oxygens (including phenoxy) is 2. The van der Waals surface area contributed by atoms with Crippen molar-refractivity contribution in [2.75, 3.05) is 39.5 Å². The summed E-state index contributed by atoms with van der Waals surface area (Å²) in [5, 5.41) is 4.75. The Hall–Kier alpha value is -0.910. The topological polar surface area (TPSA) is 39.5 Å². The number of rotatable bonds is 3. The standard InChI is InChI=1S/C16H25N3O2.C2H6/c1-12-8-16(19(17-12)14-4-7-20-9-14)13-2-5-18(6-3-13)15-10-21-11-15;1-2/h8,13-15H,2-7,9-11H2,1H3;1-2H3. The molecule has 1 aromatic rings. The maximum atomic E-state index is 5.55. The molecule has 130 valence electrons. The first-order valence-corrected chi connectivity index (χ1v) is 9.27. The van der Waals surface area contributed by atoms with Crippen molar-refractivity contribution in [2.24, 2.45) is 0 Å². The summed E-state index contributed by atoms with van der Waals surface area (Å²) >= 11 is 0. The molecule has 0 aromatic carbocycles. The lowest BCUT2D eigenvalue weighted by molar-refractivity contribution is -0.0714. The van der Waals surface area contributed by atoms with Gasteiger partial charge in [-0.25, -0.2) is 0 Å². The fourth-order valence-corrected chi connectivity index (χ4v) is 3.84. The molecule has 4 heterocycles. The molecule has 3 aliphatic rings. The van der Waals surface area contributed by atoms with Crippen molar-refractivity contribution in [2.45, 2.75) is 58.0 Å². The van der Waals surface area contributed by atoms with E-state index in [0.717, 1.165) is 38.5 Å². The molecular formula is C18H31N3O2. The Morgan fingerprint density at radius 1 is 1.00 bits per heavy atom. The van der Waals surface area contributed by atoms with Gasteiger partial charge in [0, 0.05) is 18.2 Å². The molecule has 5 heteroatoms. The van der Waals surface area contributed by atoms with Crippen LogP contribution >= 0.6 is 0 Å². The molecule has 23 heavy (non-hydrogen) atoms. The van der Waals surface area contributed by atoms with Gasteiger partial charge in [0.05, 0.1) is 37.6 Å². The van der Waals surface area contributed by atoms with Crippen molar-refractivity contribution in [1.29, 1.82) is 0 Å². The molecule has 5 nitrogen and oxygen atoms in total. The zero-order valence-electron chi connectivity index (χ0n) is 14.8. The van der Waals surface area contributed by atoms with E-state index in [1.165, 1.54) is 31.6 Å². The number of aromatic nitrogens is 2. The van der Waals surface area contributed by atoms with Crippen LogP contribution in [-0.4, -0.2) is 60.2 Å². The van der Waals surface area contributed by atoms with Crippen LogP contribution in [0.3, 0.4) is 0 Å². The van der Waals surface area contributed by atoms with Gasteiger partial charge in [-0.2, -0.15) is 5.10 Å². The van der Waals surface area contributed by atoms with E-state index in [0.29, 0.717) is 18.0 Å². The first kappa shape index (κ1) is 16.9. The van der Waals surface area contributed by atoms with Crippen LogP contribution in [0.4, 0.5) is 0 Å². The number of hydrogen-bond donors (Lipinski definition) is 0. The minimum Gasteiger partial charge on any atom is -0.379 e. The molecule has 0 aliphatic carbocycles. The zero-order chi connectivity index (χ0) is 16.2. The second-order valence-corrected chi connectivity index (χ2v) is 6.67. The van der Waals surface area contributed by atoms with E-state index in [4.69, 9.17) is 14.6 Å². The zero-order valence-corrected chi connectivity index (χ0v) is 14.8. The number of aryl methyl sites for hydroxylation is 1. The van der Waals surface area contributed by atoms with Crippen LogP contribution in [0.15, 0.2) is 6.07 Å². The van der Waals surface area contributed by atoms with Crippen molar-refractivity contribution >= 4 is 0 Å². The van der Waals surface area contributed by atoms with Crippen LogP contribution in [-0.2, 0) is 9.47 Å². The average molecular weight is 321 g/mol. The summed E-state index contributed by atoms with van der Waals surface area (Å²) in [6.07, 6.45) is 3.59. The molecular weight excluding hydrogens is 290 g/mol. The highest BCUT2D eigenvalue weighted by molar-refractivity contribution is 5.16. The van der Waals surface area contributed by atoms with Gasteiger partial charge in [0.15, 0.2) is 0 Å². The Balaban J connectivity index is 0.000000753. The monoisotopic (exact) mass is 321 g/mol. The highest BCUT2D eigenvalue weighted by atomic mass is 16.5. The first-order valence-electron chi connectivity index (χ1n) is 9.27. The summed E-state index contributed by atoms with van der Waals surface area (Å²) in [5.41, 5.74) is 2.58. The average Bonchev–Trinajstić information content (AvgIpc) is 3.17. The van der Waals surface area contributed by atoms with Crippen LogP contribution in [0.5, 0.6) is 0 Å². The molecule has 0 bridgehead atoms. The smallest absolute Gasteiger partial charge is 0.0777 e. The van der Waals surface area contributed by atoms with Crippen molar-refractivity contribution in [1.82, 2.24) is 14.7 Å². The van der Waals surface area contributed by atoms with E-state index in [1.807, 2.05) is 13.8 Å². The number of nitrogens with zero attached hydrogens (tertiary/aromatic N) is 3. The maximum absolute atomic E-state index is 5.55. The largest absolute Gasteiger partial charge is 0.379 e. The molecule has 1 unspecified atom stereocenters. The van der Waals surface area contributed by atoms with E-state index >= 15 is 0 Å². The lowest BCUT2D eigenvalue weighted by atomic mass is 9.92. The Labute approximate surface area is 139 Å². The quantitative estimate of drug-likeness (QED) is 0.858. The third-order valence-corrected chi connectivity index (χ3v) is 5.22. The van der Waals surface area contributed by atoms with Gasteiger partial charge in [0.2, 0.25) is 0 Å². The van der Waals surface area contributed by atoms with Crippen molar-refractivity contribution in [3.05, 3.63) is 17.5 Å². The van der Waals surface area contributed by atoms with E-state index in [-0.39, 0.29) is 0 Å². The molecule has 1 atom stereocenters. The molecule has 3 saturated heterocycles.